The van der Waals surface area contributed by atoms with Crippen LogP contribution in [-0.2, 0) is 0 Å². The van der Waals surface area contributed by atoms with Gasteiger partial charge in [-0.3, -0.25) is 0 Å². The number of hydrogen-bond donors (Lipinski definition) is 0. The molecule has 0 atom stereocenters. The number of rotatable bonds is 5. The molecule has 10 rings (SSSR count). The highest BCUT2D eigenvalue weighted by molar-refractivity contribution is 6.13. The highest BCUT2D eigenvalue weighted by atomic mass is 16.3. The number of allylic oxidation sites excluding steroid dienone is 2. The fourth-order valence-corrected chi connectivity index (χ4v) is 7.65. The van der Waals surface area contributed by atoms with E-state index in [9.17, 15) is 0 Å². The van der Waals surface area contributed by atoms with Gasteiger partial charge in [0.2, 0.25) is 0 Å². The molecule has 0 aliphatic heterocycles. The Hall–Kier alpha value is -6.78. The molecule has 0 aliphatic carbocycles. The summed E-state index contributed by atoms with van der Waals surface area (Å²) >= 11 is 0. The molecule has 0 N–H and O–H groups in total. The summed E-state index contributed by atoms with van der Waals surface area (Å²) in [4.78, 5) is 2.30. The van der Waals surface area contributed by atoms with Crippen molar-refractivity contribution in [1.82, 2.24) is 4.57 Å². The lowest BCUT2D eigenvalue weighted by atomic mass is 10.1. The zero-order chi connectivity index (χ0) is 34.1. The van der Waals surface area contributed by atoms with Gasteiger partial charge in [-0.1, -0.05) is 85.5 Å². The number of para-hydroxylation sites is 2. The highest BCUT2D eigenvalue weighted by Gasteiger charge is 2.18. The molecular formula is C47H32N2O2. The Labute approximate surface area is 293 Å². The van der Waals surface area contributed by atoms with Crippen molar-refractivity contribution in [2.45, 2.75) is 6.92 Å². The van der Waals surface area contributed by atoms with Crippen LogP contribution in [0.15, 0.2) is 167 Å². The van der Waals surface area contributed by atoms with Crippen molar-refractivity contribution in [1.29, 1.82) is 0 Å². The molecule has 0 radical (unpaired) electrons. The summed E-state index contributed by atoms with van der Waals surface area (Å²) in [6.07, 6.45) is 6.10. The first-order valence-corrected chi connectivity index (χ1v) is 17.2. The van der Waals surface area contributed by atoms with Crippen molar-refractivity contribution in [2.24, 2.45) is 0 Å². The van der Waals surface area contributed by atoms with Gasteiger partial charge >= 0.3 is 0 Å². The SMILES string of the molecule is C=c1oc2ccc(N(c3ccc(-n4c5ccccc5c5cc6ccccc6cc54)cc3)c3ccc4oc5ccccc5c4c3)cc2/c1=C/C=C\C. The fourth-order valence-electron chi connectivity index (χ4n) is 7.65. The van der Waals surface area contributed by atoms with E-state index >= 15 is 0 Å². The Kier molecular flexibility index (Phi) is 6.52. The molecule has 7 aromatic carbocycles. The van der Waals surface area contributed by atoms with E-state index in [2.05, 4.69) is 150 Å². The monoisotopic (exact) mass is 656 g/mol. The number of anilines is 3. The van der Waals surface area contributed by atoms with E-state index < -0.39 is 0 Å². The van der Waals surface area contributed by atoms with Gasteiger partial charge in [0.1, 0.15) is 22.2 Å². The lowest BCUT2D eigenvalue weighted by Crippen LogP contribution is -2.17. The molecule has 0 saturated carbocycles. The van der Waals surface area contributed by atoms with Crippen LogP contribution in [0, 0.1) is 0 Å². The van der Waals surface area contributed by atoms with Crippen LogP contribution >= 0.6 is 0 Å². The van der Waals surface area contributed by atoms with Crippen molar-refractivity contribution in [2.75, 3.05) is 4.90 Å². The third-order valence-corrected chi connectivity index (χ3v) is 10.0. The van der Waals surface area contributed by atoms with Crippen LogP contribution in [0.4, 0.5) is 17.1 Å². The maximum Gasteiger partial charge on any atom is 0.135 e. The van der Waals surface area contributed by atoms with Gasteiger partial charge in [-0.15, -0.1) is 0 Å². The number of furan rings is 2. The van der Waals surface area contributed by atoms with Gasteiger partial charge in [0, 0.05) is 54.9 Å². The molecule has 0 unspecified atom stereocenters. The van der Waals surface area contributed by atoms with Gasteiger partial charge < -0.3 is 18.3 Å². The maximum atomic E-state index is 6.22. The van der Waals surface area contributed by atoms with Crippen LogP contribution in [0.3, 0.4) is 0 Å². The smallest absolute Gasteiger partial charge is 0.135 e. The van der Waals surface area contributed by atoms with E-state index in [1.54, 1.807) is 0 Å². The number of benzene rings is 7. The molecule has 0 saturated heterocycles. The minimum atomic E-state index is 0.654. The summed E-state index contributed by atoms with van der Waals surface area (Å²) in [6.45, 7) is 6.20. The average molecular weight is 657 g/mol. The van der Waals surface area contributed by atoms with Gasteiger partial charge in [0.05, 0.1) is 11.0 Å². The van der Waals surface area contributed by atoms with Crippen LogP contribution in [0.25, 0.3) is 83.8 Å². The van der Waals surface area contributed by atoms with Gasteiger partial charge in [0.15, 0.2) is 0 Å². The molecule has 0 aliphatic rings. The van der Waals surface area contributed by atoms with Crippen molar-refractivity contribution in [3.63, 3.8) is 0 Å². The van der Waals surface area contributed by atoms with E-state index in [0.29, 0.717) is 5.42 Å². The second kappa shape index (κ2) is 11.4. The molecule has 242 valence electrons. The molecular weight excluding hydrogens is 625 g/mol. The molecule has 0 fully saturated rings. The molecule has 4 nitrogen and oxygen atoms in total. The standard InChI is InChI=1S/C47H32N2O2/c1-3-4-13-37-30(2)50-46-24-22-35(28-41(37)46)48(36-23-25-47-42(29-36)39-15-8-10-17-45(39)51-47)33-18-20-34(21-19-33)49-43-16-9-7-14-38(43)40-26-31-11-5-6-12-32(31)27-44(40)49/h3-29H,2H2,1H3/b4-3-,37-13+. The number of aromatic nitrogens is 1. The third kappa shape index (κ3) is 4.61. The van der Waals surface area contributed by atoms with E-state index in [1.165, 1.54) is 32.6 Å². The summed E-state index contributed by atoms with van der Waals surface area (Å²) in [5.74, 6) is 0. The fraction of sp³-hybridized carbons (Fsp3) is 0.0213. The normalized spacial score (nSPS) is 12.5. The highest BCUT2D eigenvalue weighted by Crippen LogP contribution is 2.40. The third-order valence-electron chi connectivity index (χ3n) is 10.0. The van der Waals surface area contributed by atoms with Crippen molar-refractivity contribution < 1.29 is 8.83 Å². The lowest BCUT2D eigenvalue weighted by molar-refractivity contribution is 0.577. The maximum absolute atomic E-state index is 6.22. The second-order valence-electron chi connectivity index (χ2n) is 13.0. The second-order valence-corrected chi connectivity index (χ2v) is 13.0. The van der Waals surface area contributed by atoms with Crippen LogP contribution in [-0.4, -0.2) is 4.57 Å². The van der Waals surface area contributed by atoms with E-state index in [1.807, 2.05) is 37.3 Å². The Balaban J connectivity index is 1.18. The molecule has 0 amide bonds. The molecule has 3 heterocycles. The molecule has 51 heavy (non-hydrogen) atoms. The first-order chi connectivity index (χ1) is 25.1. The van der Waals surface area contributed by atoms with Crippen LogP contribution in [0.2, 0.25) is 0 Å². The zero-order valence-electron chi connectivity index (χ0n) is 28.0. The summed E-state index contributed by atoms with van der Waals surface area (Å²) < 4.78 is 14.7. The average Bonchev–Trinajstić information content (AvgIpc) is 3.81. The van der Waals surface area contributed by atoms with Crippen molar-refractivity contribution in [3.05, 3.63) is 168 Å². The number of nitrogens with zero attached hydrogens (tertiary/aromatic N) is 2. The quantitative estimate of drug-likeness (QED) is 0.185. The predicted octanol–water partition coefficient (Wildman–Crippen LogP) is 11.8. The number of fused-ring (bicyclic) bond motifs is 8. The molecule has 10 aromatic rings. The predicted molar refractivity (Wildman–Crippen MR) is 214 cm³/mol. The molecule has 3 aromatic heterocycles. The molecule has 4 heteroatoms. The Morgan fingerprint density at radius 1 is 0.529 bits per heavy atom. The summed E-state index contributed by atoms with van der Waals surface area (Å²) in [6, 6.07) is 51.8. The van der Waals surface area contributed by atoms with Crippen molar-refractivity contribution >= 4 is 95.2 Å². The summed E-state index contributed by atoms with van der Waals surface area (Å²) in [5.41, 5.74) is 9.77. The van der Waals surface area contributed by atoms with Gasteiger partial charge in [-0.25, -0.2) is 0 Å². The zero-order valence-corrected chi connectivity index (χ0v) is 28.0. The molecule has 0 bridgehead atoms. The van der Waals surface area contributed by atoms with Gasteiger partial charge in [-0.05, 0) is 103 Å². The largest absolute Gasteiger partial charge is 0.457 e. The summed E-state index contributed by atoms with van der Waals surface area (Å²) in [7, 11) is 0. The van der Waals surface area contributed by atoms with Crippen LogP contribution < -0.4 is 15.5 Å². The van der Waals surface area contributed by atoms with E-state index in [4.69, 9.17) is 8.83 Å². The van der Waals surface area contributed by atoms with E-state index in [0.717, 1.165) is 60.9 Å². The molecule has 0 spiro atoms. The van der Waals surface area contributed by atoms with Crippen molar-refractivity contribution in [3.8, 4) is 5.69 Å². The summed E-state index contributed by atoms with van der Waals surface area (Å²) in [5, 5.41) is 9.14. The van der Waals surface area contributed by atoms with E-state index in [-0.39, 0.29) is 0 Å². The van der Waals surface area contributed by atoms with Gasteiger partial charge in [0.25, 0.3) is 0 Å². The van der Waals surface area contributed by atoms with Gasteiger partial charge in [-0.2, -0.15) is 0 Å². The minimum Gasteiger partial charge on any atom is -0.457 e. The first kappa shape index (κ1) is 29.2. The topological polar surface area (TPSA) is 34.5 Å². The number of hydrogen-bond acceptors (Lipinski definition) is 3. The minimum absolute atomic E-state index is 0.654. The van der Waals surface area contributed by atoms with Crippen LogP contribution in [0.5, 0.6) is 0 Å². The Morgan fingerprint density at radius 2 is 1.16 bits per heavy atom. The Morgan fingerprint density at radius 3 is 1.94 bits per heavy atom. The van der Waals surface area contributed by atoms with Crippen LogP contribution in [0.1, 0.15) is 6.92 Å². The first-order valence-electron chi connectivity index (χ1n) is 17.2. The lowest BCUT2D eigenvalue weighted by Gasteiger charge is -2.26. The Bertz CT molecular complexity index is 3120.